The van der Waals surface area contributed by atoms with Crippen molar-refractivity contribution in [3.05, 3.63) is 59.3 Å². The third-order valence-corrected chi connectivity index (χ3v) is 14.3. The number of benzene rings is 1. The number of hydrogen-bond donors (Lipinski definition) is 3. The predicted molar refractivity (Wildman–Crippen MR) is 320 cm³/mol. The van der Waals surface area contributed by atoms with Gasteiger partial charge in [0.2, 0.25) is 17.7 Å². The normalized spacial score (nSPS) is 16.4. The van der Waals surface area contributed by atoms with Gasteiger partial charge in [0.1, 0.15) is 29.6 Å². The average molecular weight is 1120 g/mol. The van der Waals surface area contributed by atoms with Crippen molar-refractivity contribution >= 4 is 47.1 Å². The number of methoxy groups -OCH3 is 3. The number of nitrogens with one attached hydrogen (secondary N) is 2. The van der Waals surface area contributed by atoms with E-state index in [0.717, 1.165) is 22.4 Å². The molecule has 3 amide bonds. The van der Waals surface area contributed by atoms with E-state index >= 15 is 0 Å². The molecule has 450 valence electrons. The molecule has 78 heavy (non-hydrogen) atoms. The van der Waals surface area contributed by atoms with Crippen LogP contribution in [0.1, 0.15) is 175 Å². The zero-order chi connectivity index (χ0) is 61.2. The number of allylic oxidation sites excluding steroid dienone is 3. The summed E-state index contributed by atoms with van der Waals surface area (Å²) in [6.07, 6.45) is 5.73. The SMILES string of the molecule is C=C(CSC(C)(C)CCC(=O)N(C)C(C)C(=O)O[C@@H](CC(=O)N(C)c1cc(C/C(C)=C/C=C/[C@@H](OC)[C@@](O)(CC(C)(C)C)NC(C)=O)cc(OC)c1C)C1(C)CO1)NCCC(C)(C)OCC(C)(C)C(=O)OC.CC.CC.CC. The van der Waals surface area contributed by atoms with E-state index in [2.05, 4.69) is 31.1 Å². The third-order valence-electron chi connectivity index (χ3n) is 12.9. The van der Waals surface area contributed by atoms with E-state index in [4.69, 9.17) is 28.4 Å². The summed E-state index contributed by atoms with van der Waals surface area (Å²) in [5, 5.41) is 17.5. The van der Waals surface area contributed by atoms with Gasteiger partial charge in [0.15, 0.2) is 5.72 Å². The van der Waals surface area contributed by atoms with E-state index < -0.39 is 46.6 Å². The Morgan fingerprint density at radius 2 is 1.50 bits per heavy atom. The van der Waals surface area contributed by atoms with Crippen LogP contribution < -0.4 is 20.3 Å². The minimum atomic E-state index is -1.62. The summed E-state index contributed by atoms with van der Waals surface area (Å²) in [6, 6.07) is 2.93. The van der Waals surface area contributed by atoms with Crippen molar-refractivity contribution < 1.29 is 57.5 Å². The zero-order valence-corrected chi connectivity index (χ0v) is 54.0. The number of likely N-dealkylation sites (N-methyl/N-ethyl adjacent to an activating group) is 1. The number of rotatable bonds is 30. The largest absolute Gasteiger partial charge is 0.496 e. The van der Waals surface area contributed by atoms with Gasteiger partial charge in [-0.3, -0.25) is 19.2 Å². The molecule has 0 spiro atoms. The lowest BCUT2D eigenvalue weighted by Gasteiger charge is -2.38. The molecule has 1 heterocycles. The highest BCUT2D eigenvalue weighted by atomic mass is 32.2. The highest BCUT2D eigenvalue weighted by Crippen LogP contribution is 2.37. The molecular weight excluding hydrogens is 1010 g/mol. The molecule has 0 aliphatic carbocycles. The second-order valence-corrected chi connectivity index (χ2v) is 24.3. The van der Waals surface area contributed by atoms with Crippen LogP contribution in [0, 0.1) is 17.8 Å². The molecule has 0 aromatic heterocycles. The molecule has 17 heteroatoms. The Labute approximate surface area is 476 Å². The molecule has 1 fully saturated rings. The van der Waals surface area contributed by atoms with Gasteiger partial charge >= 0.3 is 11.9 Å². The fraction of sp³-hybridized carbons (Fsp3) is 0.721. The van der Waals surface area contributed by atoms with Crippen molar-refractivity contribution in [2.24, 2.45) is 10.8 Å². The molecule has 0 bridgehead atoms. The Kier molecular flexibility index (Phi) is 33.6. The summed E-state index contributed by atoms with van der Waals surface area (Å²) in [5.41, 5.74) is 0.0476. The first-order chi connectivity index (χ1) is 36.0. The van der Waals surface area contributed by atoms with Crippen LogP contribution in [0.4, 0.5) is 5.69 Å². The molecular formula is C61H108N4O12S. The topological polar surface area (TPSA) is 195 Å². The van der Waals surface area contributed by atoms with Gasteiger partial charge in [0, 0.05) is 69.3 Å². The molecule has 0 radical (unpaired) electrons. The van der Waals surface area contributed by atoms with E-state index in [1.807, 2.05) is 108 Å². The number of thioether (sulfide) groups is 1. The van der Waals surface area contributed by atoms with Crippen LogP contribution in [0.5, 0.6) is 5.75 Å². The number of nitrogens with zero attached hydrogens (tertiary/aromatic N) is 2. The number of esters is 2. The second-order valence-electron chi connectivity index (χ2n) is 22.6. The number of epoxide rings is 1. The van der Waals surface area contributed by atoms with Crippen LogP contribution in [0.3, 0.4) is 0 Å². The maximum Gasteiger partial charge on any atom is 0.328 e. The van der Waals surface area contributed by atoms with Crippen molar-refractivity contribution in [2.75, 3.05) is 65.8 Å². The number of carbonyl (C=O) groups excluding carboxylic acids is 5. The summed E-state index contributed by atoms with van der Waals surface area (Å²) in [6.45, 7) is 43.6. The summed E-state index contributed by atoms with van der Waals surface area (Å²) in [4.78, 5) is 68.3. The highest BCUT2D eigenvalue weighted by molar-refractivity contribution is 8.00. The fourth-order valence-corrected chi connectivity index (χ4v) is 8.81. The quantitative estimate of drug-likeness (QED) is 0.0285. The molecule has 1 aliphatic rings. The Morgan fingerprint density at radius 1 is 0.923 bits per heavy atom. The van der Waals surface area contributed by atoms with Gasteiger partial charge in [-0.05, 0) is 97.8 Å². The van der Waals surface area contributed by atoms with Crippen molar-refractivity contribution in [1.29, 1.82) is 0 Å². The average Bonchev–Trinajstić information content (AvgIpc) is 4.13. The summed E-state index contributed by atoms with van der Waals surface area (Å²) >= 11 is 1.68. The minimum Gasteiger partial charge on any atom is -0.496 e. The lowest BCUT2D eigenvalue weighted by atomic mass is 9.83. The van der Waals surface area contributed by atoms with Crippen LogP contribution in [0.25, 0.3) is 0 Å². The number of carbonyl (C=O) groups is 5. The standard InChI is InChI=1S/C55H90N4O12S.3C2H6/c1-36(22-21-23-44(67-19)55(65,57-40(5)60)33-50(6,7)8)28-41-29-42(38(3)43(30-41)66-18)59(17)47(62)31-45(54(15)35-70-54)71-48(63)39(4)58(16)46(61)24-25-53(13,14)72-32-37(2)56-27-26-52(11,12)69-34-51(9,10)49(64)68-20;3*1-2/h21-23,29-30,39,44-45,56,65H,2,24-28,31-35H2,1,3-20H3,(H,57,60);3*1-2H3/b23-21+,36-22+;;;/t39?,44-,45+,54?,55+;;;/m1.../s1. The Balaban J connectivity index is 0. The van der Waals surface area contributed by atoms with Crippen molar-refractivity contribution in [2.45, 2.75) is 217 Å². The summed E-state index contributed by atoms with van der Waals surface area (Å²) in [7, 11) is 7.68. The first-order valence-electron chi connectivity index (χ1n) is 27.7. The lowest BCUT2D eigenvalue weighted by Crippen LogP contribution is -2.58. The van der Waals surface area contributed by atoms with E-state index in [1.54, 1.807) is 72.8 Å². The maximum absolute atomic E-state index is 14.1. The first kappa shape index (κ1) is 75.7. The maximum atomic E-state index is 14.1. The van der Waals surface area contributed by atoms with E-state index in [0.29, 0.717) is 49.6 Å². The van der Waals surface area contributed by atoms with Gasteiger partial charge in [-0.1, -0.05) is 107 Å². The zero-order valence-electron chi connectivity index (χ0n) is 53.1. The van der Waals surface area contributed by atoms with Gasteiger partial charge in [-0.2, -0.15) is 0 Å². The van der Waals surface area contributed by atoms with Crippen LogP contribution in [-0.4, -0.2) is 141 Å². The number of anilines is 1. The molecule has 0 saturated carbocycles. The van der Waals surface area contributed by atoms with Crippen LogP contribution in [0.2, 0.25) is 0 Å². The fourth-order valence-electron chi connectivity index (χ4n) is 7.89. The molecule has 1 aliphatic heterocycles. The van der Waals surface area contributed by atoms with Crippen molar-refractivity contribution in [1.82, 2.24) is 15.5 Å². The van der Waals surface area contributed by atoms with Crippen LogP contribution >= 0.6 is 11.8 Å². The van der Waals surface area contributed by atoms with E-state index in [-0.39, 0.29) is 59.7 Å². The van der Waals surface area contributed by atoms with Gasteiger partial charge in [0.05, 0.1) is 50.6 Å². The summed E-state index contributed by atoms with van der Waals surface area (Å²) in [5.74, 6) is -0.619. The van der Waals surface area contributed by atoms with Crippen molar-refractivity contribution in [3.8, 4) is 5.75 Å². The molecule has 2 unspecified atom stereocenters. The predicted octanol–water partition coefficient (Wildman–Crippen LogP) is 11.1. The number of hydrogen-bond acceptors (Lipinski definition) is 14. The van der Waals surface area contributed by atoms with E-state index in [1.165, 1.54) is 30.9 Å². The first-order valence-corrected chi connectivity index (χ1v) is 28.7. The number of aliphatic hydroxyl groups is 1. The Morgan fingerprint density at radius 3 is 2.00 bits per heavy atom. The Hall–Kier alpha value is -4.42. The molecule has 1 aromatic rings. The Bertz CT molecular complexity index is 2110. The third kappa shape index (κ3) is 26.7. The monoisotopic (exact) mass is 1120 g/mol. The molecule has 16 nitrogen and oxygen atoms in total. The number of amides is 3. The van der Waals surface area contributed by atoms with Gasteiger partial charge < -0.3 is 54.0 Å². The number of ether oxygens (including phenoxy) is 6. The molecule has 1 saturated heterocycles. The minimum absolute atomic E-state index is 0.161. The molecule has 1 aromatic carbocycles. The van der Waals surface area contributed by atoms with Crippen LogP contribution in [-0.2, 0) is 54.1 Å². The highest BCUT2D eigenvalue weighted by Gasteiger charge is 2.51. The van der Waals surface area contributed by atoms with Gasteiger partial charge in [0.25, 0.3) is 0 Å². The lowest BCUT2D eigenvalue weighted by molar-refractivity contribution is -0.162. The molecule has 2 rings (SSSR count). The van der Waals surface area contributed by atoms with Crippen LogP contribution in [0.15, 0.2) is 48.2 Å². The second kappa shape index (κ2) is 34.7. The van der Waals surface area contributed by atoms with Gasteiger partial charge in [-0.15, -0.1) is 11.8 Å². The van der Waals surface area contributed by atoms with E-state index in [9.17, 15) is 29.1 Å². The van der Waals surface area contributed by atoms with Crippen molar-refractivity contribution in [3.63, 3.8) is 0 Å². The van der Waals surface area contributed by atoms with Gasteiger partial charge in [-0.25, -0.2) is 4.79 Å². The molecule has 3 N–H and O–H groups in total. The summed E-state index contributed by atoms with van der Waals surface area (Å²) < 4.78 is 33.8. The molecule has 5 atom stereocenters. The smallest absolute Gasteiger partial charge is 0.328 e.